The molecule has 1 N–H and O–H groups in total. The van der Waals surface area contributed by atoms with Gasteiger partial charge in [-0.05, 0) is 42.9 Å². The molecular weight excluding hydrogens is 252 g/mol. The summed E-state index contributed by atoms with van der Waals surface area (Å²) in [5.41, 5.74) is 1.88. The molecule has 1 saturated heterocycles. The van der Waals surface area contributed by atoms with Crippen LogP contribution < -0.4 is 5.32 Å². The van der Waals surface area contributed by atoms with Crippen LogP contribution in [0.4, 0.5) is 5.69 Å². The normalized spacial score (nSPS) is 16.0. The zero-order chi connectivity index (χ0) is 14.5. The van der Waals surface area contributed by atoms with E-state index in [-0.39, 0.29) is 0 Å². The molecule has 4 nitrogen and oxygen atoms in total. The molecular formula is C16H22N2O2. The lowest BCUT2D eigenvalue weighted by Crippen LogP contribution is -2.43. The number of aryl methyl sites for hydroxylation is 1. The highest BCUT2D eigenvalue weighted by Crippen LogP contribution is 2.16. The number of amides is 2. The van der Waals surface area contributed by atoms with Gasteiger partial charge in [0.2, 0.25) is 0 Å². The third kappa shape index (κ3) is 3.59. The van der Waals surface area contributed by atoms with E-state index in [2.05, 4.69) is 19.2 Å². The van der Waals surface area contributed by atoms with E-state index >= 15 is 0 Å². The number of hydrogen-bond acceptors (Lipinski definition) is 2. The number of nitrogens with zero attached hydrogens (tertiary/aromatic N) is 1. The maximum atomic E-state index is 12.0. The fraction of sp³-hybridized carbons (Fsp3) is 0.500. The van der Waals surface area contributed by atoms with Gasteiger partial charge in [-0.3, -0.25) is 9.59 Å². The molecule has 2 rings (SSSR count). The van der Waals surface area contributed by atoms with Crippen LogP contribution in [0, 0.1) is 5.92 Å². The van der Waals surface area contributed by atoms with E-state index < -0.39 is 11.8 Å². The molecule has 108 valence electrons. The van der Waals surface area contributed by atoms with Crippen molar-refractivity contribution in [2.45, 2.75) is 33.1 Å². The van der Waals surface area contributed by atoms with Crippen molar-refractivity contribution in [3.05, 3.63) is 29.8 Å². The van der Waals surface area contributed by atoms with E-state index in [9.17, 15) is 9.59 Å². The largest absolute Gasteiger partial charge is 0.334 e. The maximum Gasteiger partial charge on any atom is 0.313 e. The van der Waals surface area contributed by atoms with E-state index in [0.717, 1.165) is 19.3 Å². The van der Waals surface area contributed by atoms with Crippen molar-refractivity contribution in [2.24, 2.45) is 5.92 Å². The SMILES string of the molecule is CCc1ccc(NC(=O)C(=O)N2CCC(C)CC2)cc1. The summed E-state index contributed by atoms with van der Waals surface area (Å²) in [7, 11) is 0. The van der Waals surface area contributed by atoms with E-state index in [1.807, 2.05) is 24.3 Å². The van der Waals surface area contributed by atoms with Crippen LogP contribution in [0.1, 0.15) is 32.3 Å². The van der Waals surface area contributed by atoms with Crippen molar-refractivity contribution in [1.29, 1.82) is 0 Å². The number of carbonyl (C=O) groups excluding carboxylic acids is 2. The monoisotopic (exact) mass is 274 g/mol. The van der Waals surface area contributed by atoms with Crippen LogP contribution in [0.2, 0.25) is 0 Å². The lowest BCUT2D eigenvalue weighted by atomic mass is 9.99. The van der Waals surface area contributed by atoms with Gasteiger partial charge in [-0.25, -0.2) is 0 Å². The molecule has 0 aromatic heterocycles. The second-order valence-corrected chi connectivity index (χ2v) is 5.48. The average molecular weight is 274 g/mol. The number of anilines is 1. The molecule has 1 aromatic carbocycles. The molecule has 1 aliphatic heterocycles. The predicted octanol–water partition coefficient (Wildman–Crippen LogP) is 2.45. The third-order valence-electron chi connectivity index (χ3n) is 3.89. The quantitative estimate of drug-likeness (QED) is 0.842. The second kappa shape index (κ2) is 6.55. The Morgan fingerprint density at radius 2 is 1.80 bits per heavy atom. The Balaban J connectivity index is 1.91. The van der Waals surface area contributed by atoms with Crippen LogP contribution >= 0.6 is 0 Å². The minimum atomic E-state index is -0.538. The lowest BCUT2D eigenvalue weighted by molar-refractivity contribution is -0.144. The van der Waals surface area contributed by atoms with Gasteiger partial charge in [-0.15, -0.1) is 0 Å². The molecule has 2 amide bonds. The maximum absolute atomic E-state index is 12.0. The summed E-state index contributed by atoms with van der Waals surface area (Å²) >= 11 is 0. The molecule has 1 fully saturated rings. The molecule has 0 unspecified atom stereocenters. The molecule has 0 bridgehead atoms. The van der Waals surface area contributed by atoms with Crippen molar-refractivity contribution < 1.29 is 9.59 Å². The second-order valence-electron chi connectivity index (χ2n) is 5.48. The summed E-state index contributed by atoms with van der Waals surface area (Å²) in [6.07, 6.45) is 2.91. The lowest BCUT2D eigenvalue weighted by Gasteiger charge is -2.29. The minimum Gasteiger partial charge on any atom is -0.334 e. The summed E-state index contributed by atoms with van der Waals surface area (Å²) in [5.74, 6) is -0.316. The van der Waals surface area contributed by atoms with Crippen molar-refractivity contribution in [1.82, 2.24) is 4.90 Å². The van der Waals surface area contributed by atoms with E-state index in [4.69, 9.17) is 0 Å². The van der Waals surface area contributed by atoms with E-state index in [1.165, 1.54) is 5.56 Å². The minimum absolute atomic E-state index is 0.420. The van der Waals surface area contributed by atoms with Crippen LogP contribution in [0.5, 0.6) is 0 Å². The number of rotatable bonds is 2. The Hall–Kier alpha value is -1.84. The Morgan fingerprint density at radius 1 is 1.20 bits per heavy atom. The fourth-order valence-electron chi connectivity index (χ4n) is 2.36. The molecule has 0 atom stereocenters. The van der Waals surface area contributed by atoms with Gasteiger partial charge < -0.3 is 10.2 Å². The zero-order valence-corrected chi connectivity index (χ0v) is 12.2. The van der Waals surface area contributed by atoms with Crippen LogP contribution in [-0.4, -0.2) is 29.8 Å². The van der Waals surface area contributed by atoms with Gasteiger partial charge in [0, 0.05) is 18.8 Å². The molecule has 20 heavy (non-hydrogen) atoms. The zero-order valence-electron chi connectivity index (χ0n) is 12.2. The molecule has 0 radical (unpaired) electrons. The Kier molecular flexibility index (Phi) is 4.77. The van der Waals surface area contributed by atoms with Crippen LogP contribution in [0.15, 0.2) is 24.3 Å². The number of likely N-dealkylation sites (tertiary alicyclic amines) is 1. The third-order valence-corrected chi connectivity index (χ3v) is 3.89. The van der Waals surface area contributed by atoms with Gasteiger partial charge in [-0.2, -0.15) is 0 Å². The van der Waals surface area contributed by atoms with E-state index in [1.54, 1.807) is 4.90 Å². The Labute approximate surface area is 120 Å². The Morgan fingerprint density at radius 3 is 2.35 bits per heavy atom. The van der Waals surface area contributed by atoms with Gasteiger partial charge in [-0.1, -0.05) is 26.0 Å². The van der Waals surface area contributed by atoms with Crippen LogP contribution in [0.3, 0.4) is 0 Å². The summed E-state index contributed by atoms with van der Waals surface area (Å²) < 4.78 is 0. The van der Waals surface area contributed by atoms with Gasteiger partial charge in [0.1, 0.15) is 0 Å². The first-order valence-electron chi connectivity index (χ1n) is 7.29. The van der Waals surface area contributed by atoms with Gasteiger partial charge in [0.05, 0.1) is 0 Å². The smallest absolute Gasteiger partial charge is 0.313 e. The highest BCUT2D eigenvalue weighted by molar-refractivity contribution is 6.39. The van der Waals surface area contributed by atoms with Crippen molar-refractivity contribution in [3.63, 3.8) is 0 Å². The number of carbonyl (C=O) groups is 2. The highest BCUT2D eigenvalue weighted by atomic mass is 16.2. The van der Waals surface area contributed by atoms with Gasteiger partial charge in [0.25, 0.3) is 0 Å². The number of hydrogen-bond donors (Lipinski definition) is 1. The molecule has 1 aromatic rings. The molecule has 0 aliphatic carbocycles. The first kappa shape index (κ1) is 14.6. The molecule has 4 heteroatoms. The fourth-order valence-corrected chi connectivity index (χ4v) is 2.36. The van der Waals surface area contributed by atoms with Gasteiger partial charge in [0.15, 0.2) is 0 Å². The molecule has 1 aliphatic rings. The summed E-state index contributed by atoms with van der Waals surface area (Å²) in [6, 6.07) is 7.59. The summed E-state index contributed by atoms with van der Waals surface area (Å²) in [6.45, 7) is 5.62. The topological polar surface area (TPSA) is 49.4 Å². The van der Waals surface area contributed by atoms with Crippen LogP contribution in [-0.2, 0) is 16.0 Å². The first-order chi connectivity index (χ1) is 9.60. The number of nitrogens with one attached hydrogen (secondary N) is 1. The average Bonchev–Trinajstić information content (AvgIpc) is 2.48. The van der Waals surface area contributed by atoms with Crippen molar-refractivity contribution in [2.75, 3.05) is 18.4 Å². The number of benzene rings is 1. The standard InChI is InChI=1S/C16H22N2O2/c1-3-13-4-6-14(7-5-13)17-15(19)16(20)18-10-8-12(2)9-11-18/h4-7,12H,3,8-11H2,1-2H3,(H,17,19). The van der Waals surface area contributed by atoms with Crippen molar-refractivity contribution in [3.8, 4) is 0 Å². The van der Waals surface area contributed by atoms with Crippen LogP contribution in [0.25, 0.3) is 0 Å². The van der Waals surface area contributed by atoms with E-state index in [0.29, 0.717) is 24.7 Å². The highest BCUT2D eigenvalue weighted by Gasteiger charge is 2.25. The first-order valence-corrected chi connectivity index (χ1v) is 7.29. The predicted molar refractivity (Wildman–Crippen MR) is 79.4 cm³/mol. The summed E-state index contributed by atoms with van der Waals surface area (Å²) in [4.78, 5) is 25.6. The van der Waals surface area contributed by atoms with Gasteiger partial charge >= 0.3 is 11.8 Å². The molecule has 0 spiro atoms. The molecule has 0 saturated carbocycles. The number of piperidine rings is 1. The molecule has 1 heterocycles. The van der Waals surface area contributed by atoms with Crippen molar-refractivity contribution >= 4 is 17.5 Å². The Bertz CT molecular complexity index is 474. The summed E-state index contributed by atoms with van der Waals surface area (Å²) in [5, 5.41) is 2.67.